The van der Waals surface area contributed by atoms with Crippen molar-refractivity contribution in [3.05, 3.63) is 35.2 Å². The third-order valence-electron chi connectivity index (χ3n) is 5.93. The van der Waals surface area contributed by atoms with Crippen LogP contribution in [0.5, 0.6) is 11.5 Å². The predicted octanol–water partition coefficient (Wildman–Crippen LogP) is 1.92. The summed E-state index contributed by atoms with van der Waals surface area (Å²) in [6.07, 6.45) is 2.40. The van der Waals surface area contributed by atoms with E-state index in [0.29, 0.717) is 5.92 Å². The van der Waals surface area contributed by atoms with Gasteiger partial charge in [-0.1, -0.05) is 0 Å². The van der Waals surface area contributed by atoms with Crippen LogP contribution in [-0.4, -0.2) is 33.0 Å². The molecule has 4 aliphatic rings. The second-order valence-corrected chi connectivity index (χ2v) is 7.12. The zero-order chi connectivity index (χ0) is 17.6. The van der Waals surface area contributed by atoms with Gasteiger partial charge in [0.15, 0.2) is 0 Å². The molecule has 4 aliphatic heterocycles. The van der Waals surface area contributed by atoms with E-state index >= 15 is 0 Å². The number of benzene rings is 1. The van der Waals surface area contributed by atoms with E-state index in [4.69, 9.17) is 14.5 Å². The fourth-order valence-electron chi connectivity index (χ4n) is 4.69. The van der Waals surface area contributed by atoms with Crippen LogP contribution in [0.1, 0.15) is 31.2 Å². The van der Waals surface area contributed by atoms with Gasteiger partial charge in [-0.15, -0.1) is 0 Å². The Balaban J connectivity index is 1.93. The van der Waals surface area contributed by atoms with E-state index in [1.165, 1.54) is 29.1 Å². The summed E-state index contributed by atoms with van der Waals surface area (Å²) in [5.41, 5.74) is 4.50. The molecule has 1 aromatic rings. The highest BCUT2D eigenvalue weighted by Gasteiger charge is 2.48. The molecule has 1 fully saturated rings. The molecular weight excluding hydrogens is 314 g/mol. The number of hydrogen-bond donors (Lipinski definition) is 1. The molecule has 4 heterocycles. The minimum atomic E-state index is -0.258. The summed E-state index contributed by atoms with van der Waals surface area (Å²) in [6.45, 7) is 4.27. The zero-order valence-corrected chi connectivity index (χ0v) is 15.0. The van der Waals surface area contributed by atoms with E-state index in [2.05, 4.69) is 6.07 Å². The van der Waals surface area contributed by atoms with Gasteiger partial charge in [0, 0.05) is 30.0 Å². The molecule has 0 saturated carbocycles. The average Bonchev–Trinajstić information content (AvgIpc) is 2.67. The molecule has 2 atom stereocenters. The molecule has 0 radical (unpaired) electrons. The summed E-state index contributed by atoms with van der Waals surface area (Å²) in [4.78, 5) is 6.38. The van der Waals surface area contributed by atoms with Crippen molar-refractivity contribution in [3.63, 3.8) is 0 Å². The summed E-state index contributed by atoms with van der Waals surface area (Å²) in [7, 11) is 3.36. The van der Waals surface area contributed by atoms with Gasteiger partial charge in [-0.2, -0.15) is 5.26 Å². The molecule has 5 nitrogen and oxygen atoms in total. The Hall–Kier alpha value is -2.32. The minimum Gasteiger partial charge on any atom is -0.497 e. The predicted molar refractivity (Wildman–Crippen MR) is 94.9 cm³/mol. The van der Waals surface area contributed by atoms with Crippen LogP contribution < -0.4 is 14.4 Å². The van der Waals surface area contributed by atoms with E-state index < -0.39 is 0 Å². The van der Waals surface area contributed by atoms with Gasteiger partial charge in [-0.05, 0) is 25.1 Å². The molecule has 1 aromatic carbocycles. The van der Waals surface area contributed by atoms with Gasteiger partial charge in [0.05, 0.1) is 39.3 Å². The molecule has 0 amide bonds. The lowest BCUT2D eigenvalue weighted by molar-refractivity contribution is -0.875. The fourth-order valence-corrected chi connectivity index (χ4v) is 4.69. The molecule has 2 bridgehead atoms. The van der Waals surface area contributed by atoms with Gasteiger partial charge >= 0.3 is 0 Å². The third kappa shape index (κ3) is 2.44. The number of aliphatic imine (C=N–C) groups is 1. The lowest BCUT2D eigenvalue weighted by Gasteiger charge is -2.43. The molecule has 0 aromatic heterocycles. The lowest BCUT2D eigenvalue weighted by atomic mass is 9.73. The van der Waals surface area contributed by atoms with Gasteiger partial charge in [-0.25, -0.2) is 0 Å². The quantitative estimate of drug-likeness (QED) is 0.916. The number of nitriles is 1. The first kappa shape index (κ1) is 16.2. The molecule has 25 heavy (non-hydrogen) atoms. The summed E-state index contributed by atoms with van der Waals surface area (Å²) in [5, 5.41) is 9.91. The molecule has 0 aliphatic carbocycles. The number of nitrogens with one attached hydrogen (secondary N) is 1. The number of ether oxygens (including phenoxy) is 2. The van der Waals surface area contributed by atoms with Crippen LogP contribution in [0.4, 0.5) is 0 Å². The molecule has 5 rings (SSSR count). The minimum absolute atomic E-state index is 0.0133. The van der Waals surface area contributed by atoms with E-state index in [1.54, 1.807) is 14.2 Å². The zero-order valence-electron chi connectivity index (χ0n) is 15.0. The first-order valence-corrected chi connectivity index (χ1v) is 8.93. The molecule has 1 saturated heterocycles. The summed E-state index contributed by atoms with van der Waals surface area (Å²) in [6, 6.07) is 8.38. The van der Waals surface area contributed by atoms with Crippen molar-refractivity contribution in [3.8, 4) is 17.6 Å². The average molecular weight is 338 g/mol. The fraction of sp³-hybridized carbons (Fsp3) is 0.500. The third-order valence-corrected chi connectivity index (χ3v) is 5.93. The van der Waals surface area contributed by atoms with Crippen molar-refractivity contribution >= 4 is 5.71 Å². The maximum atomic E-state index is 9.91. The number of fused-ring (bicyclic) bond motifs is 2. The Bertz CT molecular complexity index is 798. The lowest BCUT2D eigenvalue weighted by Crippen LogP contribution is -3.13. The van der Waals surface area contributed by atoms with Crippen LogP contribution in [0.3, 0.4) is 0 Å². The van der Waals surface area contributed by atoms with Crippen molar-refractivity contribution in [2.45, 2.75) is 25.7 Å². The molecular formula is C20H24N3O2+. The van der Waals surface area contributed by atoms with Crippen molar-refractivity contribution < 1.29 is 14.4 Å². The van der Waals surface area contributed by atoms with Crippen molar-refractivity contribution in [1.82, 2.24) is 0 Å². The van der Waals surface area contributed by atoms with Gasteiger partial charge in [0.25, 0.3) is 0 Å². The highest BCUT2D eigenvalue weighted by molar-refractivity contribution is 5.90. The molecule has 1 N–H and O–H groups in total. The Kier molecular flexibility index (Phi) is 4.01. The smallest absolute Gasteiger partial charge is 0.139 e. The SMILES string of the molecule is COc1ccc(OC)c([C@@H]2C3=C(N=C(C)C2C#N)C2CC[NH+]3CC2)c1. The number of hydrogen-bond acceptors (Lipinski definition) is 4. The number of rotatable bonds is 3. The molecule has 130 valence electrons. The number of nitrogens with zero attached hydrogens (tertiary/aromatic N) is 2. The van der Waals surface area contributed by atoms with Crippen LogP contribution in [0.25, 0.3) is 0 Å². The topological polar surface area (TPSA) is 59.0 Å². The Labute approximate surface area is 148 Å². The number of quaternary nitrogens is 1. The van der Waals surface area contributed by atoms with Crippen LogP contribution in [0.15, 0.2) is 34.6 Å². The summed E-state index contributed by atoms with van der Waals surface area (Å²) >= 11 is 0. The van der Waals surface area contributed by atoms with Crippen molar-refractivity contribution in [1.29, 1.82) is 5.26 Å². The molecule has 0 spiro atoms. The van der Waals surface area contributed by atoms with Crippen LogP contribution >= 0.6 is 0 Å². The second-order valence-electron chi connectivity index (χ2n) is 7.12. The van der Waals surface area contributed by atoms with Crippen LogP contribution in [0.2, 0.25) is 0 Å². The van der Waals surface area contributed by atoms with Crippen molar-refractivity contribution in [2.24, 2.45) is 16.8 Å². The van der Waals surface area contributed by atoms with E-state index in [-0.39, 0.29) is 11.8 Å². The largest absolute Gasteiger partial charge is 0.497 e. The maximum Gasteiger partial charge on any atom is 0.139 e. The maximum absolute atomic E-state index is 9.91. The van der Waals surface area contributed by atoms with Gasteiger partial charge in [0.2, 0.25) is 0 Å². The Morgan fingerprint density at radius 2 is 1.96 bits per heavy atom. The number of methoxy groups -OCH3 is 2. The van der Waals surface area contributed by atoms with E-state index in [0.717, 1.165) is 35.9 Å². The second kappa shape index (κ2) is 6.20. The first-order valence-electron chi connectivity index (χ1n) is 8.93. The summed E-state index contributed by atoms with van der Waals surface area (Å²) < 4.78 is 11.1. The highest BCUT2D eigenvalue weighted by atomic mass is 16.5. The highest BCUT2D eigenvalue weighted by Crippen LogP contribution is 2.45. The van der Waals surface area contributed by atoms with E-state index in [9.17, 15) is 5.26 Å². The van der Waals surface area contributed by atoms with Gasteiger partial charge in [0.1, 0.15) is 28.8 Å². The Morgan fingerprint density at radius 1 is 1.20 bits per heavy atom. The summed E-state index contributed by atoms with van der Waals surface area (Å²) in [5.74, 6) is 1.88. The monoisotopic (exact) mass is 338 g/mol. The molecule has 1 unspecified atom stereocenters. The van der Waals surface area contributed by atoms with Crippen molar-refractivity contribution in [2.75, 3.05) is 27.3 Å². The van der Waals surface area contributed by atoms with Crippen LogP contribution in [0, 0.1) is 23.2 Å². The van der Waals surface area contributed by atoms with Crippen LogP contribution in [-0.2, 0) is 0 Å². The standard InChI is InChI=1S/C20H23N3O2/c1-12-16(11-21)18(15-10-14(24-2)4-5-17(15)25-3)20-19(22-12)13-6-8-23(20)9-7-13/h4-5,10,13,16,18H,6-9H2,1-3H3/p+1/t16?,18-/m0/s1. The van der Waals surface area contributed by atoms with E-state index in [1.807, 2.05) is 25.1 Å². The first-order chi connectivity index (χ1) is 12.2. The normalized spacial score (nSPS) is 30.4. The number of piperidine rings is 1. The number of allylic oxidation sites excluding steroid dienone is 2. The van der Waals surface area contributed by atoms with Gasteiger partial charge in [-0.3, -0.25) is 4.99 Å². The van der Waals surface area contributed by atoms with Gasteiger partial charge < -0.3 is 14.4 Å². The Morgan fingerprint density at radius 3 is 2.60 bits per heavy atom. The molecule has 5 heteroatoms.